The van der Waals surface area contributed by atoms with E-state index in [9.17, 15) is 9.59 Å². The molecule has 0 unspecified atom stereocenters. The molecule has 0 amide bonds. The van der Waals surface area contributed by atoms with E-state index in [4.69, 9.17) is 9.47 Å². The number of fused-ring (bicyclic) bond motifs is 2. The molecule has 0 N–H and O–H groups in total. The van der Waals surface area contributed by atoms with Crippen LogP contribution in [0.4, 0.5) is 0 Å². The van der Waals surface area contributed by atoms with Gasteiger partial charge in [0.25, 0.3) is 0 Å². The average Bonchev–Trinajstić information content (AvgIpc) is 3.25. The Hall–Kier alpha value is -1.48. The molecular formula is C22H22O4S4. The van der Waals surface area contributed by atoms with Crippen molar-refractivity contribution in [2.75, 3.05) is 13.2 Å². The molecule has 1 aromatic carbocycles. The smallest absolute Gasteiger partial charge is 0.348 e. The monoisotopic (exact) mass is 478 g/mol. The van der Waals surface area contributed by atoms with Gasteiger partial charge >= 0.3 is 11.9 Å². The van der Waals surface area contributed by atoms with Gasteiger partial charge in [-0.05, 0) is 36.1 Å². The topological polar surface area (TPSA) is 52.6 Å². The molecule has 8 heteroatoms. The van der Waals surface area contributed by atoms with Gasteiger partial charge in [0.1, 0.15) is 9.75 Å². The third-order valence-electron chi connectivity index (χ3n) is 4.69. The van der Waals surface area contributed by atoms with E-state index in [1.807, 2.05) is 13.8 Å². The van der Waals surface area contributed by atoms with Gasteiger partial charge in [0.2, 0.25) is 0 Å². The van der Waals surface area contributed by atoms with Crippen LogP contribution < -0.4 is 0 Å². The highest BCUT2D eigenvalue weighted by molar-refractivity contribution is 7.98. The minimum absolute atomic E-state index is 0.271. The van der Waals surface area contributed by atoms with Gasteiger partial charge < -0.3 is 9.47 Å². The van der Waals surface area contributed by atoms with Gasteiger partial charge in [0.05, 0.1) is 17.2 Å². The molecule has 0 saturated carbocycles. The molecule has 0 fully saturated rings. The second-order valence-electron chi connectivity index (χ2n) is 6.73. The Morgan fingerprint density at radius 2 is 1.33 bits per heavy atom. The lowest BCUT2D eigenvalue weighted by Crippen LogP contribution is -2.07. The lowest BCUT2D eigenvalue weighted by molar-refractivity contribution is 0.0522. The summed E-state index contributed by atoms with van der Waals surface area (Å²) in [5.41, 5.74) is 4.58. The van der Waals surface area contributed by atoms with E-state index < -0.39 is 0 Å². The summed E-state index contributed by atoms with van der Waals surface area (Å²) in [5.74, 6) is 2.62. The molecule has 4 rings (SSSR count). The first-order valence-electron chi connectivity index (χ1n) is 9.76. The summed E-state index contributed by atoms with van der Waals surface area (Å²) in [6.07, 6.45) is 0. The fourth-order valence-corrected chi connectivity index (χ4v) is 8.25. The second-order valence-corrected chi connectivity index (χ2v) is 11.0. The highest BCUT2D eigenvalue weighted by Crippen LogP contribution is 2.45. The fourth-order valence-electron chi connectivity index (χ4n) is 3.44. The second kappa shape index (κ2) is 9.77. The Labute approximate surface area is 192 Å². The minimum Gasteiger partial charge on any atom is -0.462 e. The first-order valence-corrected chi connectivity index (χ1v) is 13.7. The predicted molar refractivity (Wildman–Crippen MR) is 128 cm³/mol. The Bertz CT molecular complexity index is 1010. The van der Waals surface area contributed by atoms with Crippen LogP contribution in [0.2, 0.25) is 0 Å². The van der Waals surface area contributed by atoms with E-state index in [0.717, 1.165) is 32.0 Å². The van der Waals surface area contributed by atoms with E-state index in [1.165, 1.54) is 33.8 Å². The molecule has 0 radical (unpaired) electrons. The van der Waals surface area contributed by atoms with Crippen LogP contribution in [0.1, 0.15) is 55.4 Å². The van der Waals surface area contributed by atoms with Crippen molar-refractivity contribution < 1.29 is 19.1 Å². The van der Waals surface area contributed by atoms with Gasteiger partial charge in [0.15, 0.2) is 0 Å². The zero-order valence-electron chi connectivity index (χ0n) is 16.8. The Morgan fingerprint density at radius 1 is 0.833 bits per heavy atom. The molecular weight excluding hydrogens is 457 g/mol. The summed E-state index contributed by atoms with van der Waals surface area (Å²) in [7, 11) is 0. The number of thioether (sulfide) groups is 2. The van der Waals surface area contributed by atoms with Crippen LogP contribution in [0, 0.1) is 0 Å². The zero-order chi connectivity index (χ0) is 21.1. The number of hydrogen-bond donors (Lipinski definition) is 0. The largest absolute Gasteiger partial charge is 0.462 e. The maximum atomic E-state index is 12.7. The quantitative estimate of drug-likeness (QED) is 0.399. The summed E-state index contributed by atoms with van der Waals surface area (Å²) in [6.45, 7) is 4.34. The van der Waals surface area contributed by atoms with Crippen molar-refractivity contribution in [3.63, 3.8) is 0 Å². The van der Waals surface area contributed by atoms with Crippen molar-refractivity contribution in [3.8, 4) is 0 Å². The molecule has 0 atom stereocenters. The molecule has 1 aliphatic rings. The van der Waals surface area contributed by atoms with Gasteiger partial charge in [-0.25, -0.2) is 9.59 Å². The number of thiophene rings is 2. The molecule has 158 valence electrons. The molecule has 2 bridgehead atoms. The molecule has 0 saturated heterocycles. The molecule has 3 aromatic rings. The standard InChI is InChI=1S/C22H22O4S4/c1-3-25-20(23)18-15-11-27-9-13-6-5-7-14(8-13)10-28-12-16-17(15)22(29-18)30-19(16)21(24)26-4-2/h5-8H,3-4,9-12H2,1-2H3. The van der Waals surface area contributed by atoms with Crippen molar-refractivity contribution >= 4 is 67.5 Å². The van der Waals surface area contributed by atoms with E-state index in [2.05, 4.69) is 24.3 Å². The Balaban J connectivity index is 1.82. The lowest BCUT2D eigenvalue weighted by atomic mass is 10.1. The fraction of sp³-hybridized carbons (Fsp3) is 0.364. The molecule has 0 spiro atoms. The van der Waals surface area contributed by atoms with E-state index in [1.54, 1.807) is 23.5 Å². The molecule has 4 nitrogen and oxygen atoms in total. The summed E-state index contributed by atoms with van der Waals surface area (Å²) in [4.78, 5) is 26.6. The van der Waals surface area contributed by atoms with Gasteiger partial charge in [-0.15, -0.1) is 22.7 Å². The summed E-state index contributed by atoms with van der Waals surface area (Å²) in [6, 6.07) is 8.65. The molecule has 3 heterocycles. The maximum Gasteiger partial charge on any atom is 0.348 e. The van der Waals surface area contributed by atoms with Crippen LogP contribution in [0.5, 0.6) is 0 Å². The van der Waals surface area contributed by atoms with Gasteiger partial charge in [-0.2, -0.15) is 23.5 Å². The number of benzene rings is 1. The summed E-state index contributed by atoms with van der Waals surface area (Å²) >= 11 is 6.46. The van der Waals surface area contributed by atoms with Crippen LogP contribution >= 0.6 is 46.2 Å². The first-order chi connectivity index (χ1) is 14.6. The SMILES string of the molecule is CCOC(=O)c1sc2sc(C(=O)OCC)c3c2c1CSCc1cccc(c1)CSC3. The molecule has 2 aromatic heterocycles. The molecule has 1 aliphatic heterocycles. The average molecular weight is 479 g/mol. The summed E-state index contributed by atoms with van der Waals surface area (Å²) < 4.78 is 11.7. The molecule has 0 aliphatic carbocycles. The third kappa shape index (κ3) is 4.42. The van der Waals surface area contributed by atoms with Crippen LogP contribution in [-0.2, 0) is 32.5 Å². The maximum absolute atomic E-state index is 12.7. The van der Waals surface area contributed by atoms with Crippen molar-refractivity contribution in [2.45, 2.75) is 36.9 Å². The van der Waals surface area contributed by atoms with Crippen LogP contribution in [0.3, 0.4) is 0 Å². The van der Waals surface area contributed by atoms with E-state index in [-0.39, 0.29) is 11.9 Å². The Morgan fingerprint density at radius 3 is 1.80 bits per heavy atom. The normalized spacial score (nSPS) is 14.1. The van der Waals surface area contributed by atoms with Crippen molar-refractivity contribution in [2.24, 2.45) is 0 Å². The van der Waals surface area contributed by atoms with Gasteiger partial charge in [-0.3, -0.25) is 0 Å². The highest BCUT2D eigenvalue weighted by Gasteiger charge is 2.28. The van der Waals surface area contributed by atoms with Crippen molar-refractivity contribution in [3.05, 3.63) is 56.3 Å². The number of hydrogen-bond acceptors (Lipinski definition) is 8. The van der Waals surface area contributed by atoms with Crippen molar-refractivity contribution in [1.82, 2.24) is 0 Å². The first kappa shape index (κ1) is 21.7. The highest BCUT2D eigenvalue weighted by atomic mass is 32.2. The van der Waals surface area contributed by atoms with Crippen LogP contribution in [0.15, 0.2) is 24.3 Å². The van der Waals surface area contributed by atoms with Gasteiger partial charge in [0, 0.05) is 28.4 Å². The number of rotatable bonds is 4. The number of esters is 2. The number of carbonyl (C=O) groups excluding carboxylic acids is 2. The van der Waals surface area contributed by atoms with Crippen LogP contribution in [0.25, 0.3) is 9.40 Å². The lowest BCUT2D eigenvalue weighted by Gasteiger charge is -2.11. The Kier molecular flexibility index (Phi) is 7.08. The van der Waals surface area contributed by atoms with Gasteiger partial charge in [-0.1, -0.05) is 24.3 Å². The minimum atomic E-state index is -0.271. The van der Waals surface area contributed by atoms with Crippen molar-refractivity contribution in [1.29, 1.82) is 0 Å². The van der Waals surface area contributed by atoms with Crippen LogP contribution in [-0.4, -0.2) is 25.2 Å². The van der Waals surface area contributed by atoms with E-state index in [0.29, 0.717) is 34.5 Å². The number of ether oxygens (including phenoxy) is 2. The predicted octanol–water partition coefficient (Wildman–Crippen LogP) is 6.50. The zero-order valence-corrected chi connectivity index (χ0v) is 20.1. The molecule has 30 heavy (non-hydrogen) atoms. The number of carbonyl (C=O) groups is 2. The third-order valence-corrected chi connectivity index (χ3v) is 9.26. The van der Waals surface area contributed by atoms with E-state index >= 15 is 0 Å². The summed E-state index contributed by atoms with van der Waals surface area (Å²) in [5, 5.41) is 1.06.